The fourth-order valence-electron chi connectivity index (χ4n) is 1.99. The summed E-state index contributed by atoms with van der Waals surface area (Å²) in [5.41, 5.74) is 1.14. The van der Waals surface area contributed by atoms with E-state index >= 15 is 0 Å². The third-order valence-corrected chi connectivity index (χ3v) is 3.24. The Labute approximate surface area is 102 Å². The Hall–Kier alpha value is -0.730. The second-order valence-electron chi connectivity index (χ2n) is 4.37. The SMILES string of the molecule is Cc1ccc(Cl)cc1OCC1CCCCN1. The van der Waals surface area contributed by atoms with E-state index in [1.165, 1.54) is 19.3 Å². The molecule has 0 spiro atoms. The van der Waals surface area contributed by atoms with Crippen LogP contribution < -0.4 is 10.1 Å². The van der Waals surface area contributed by atoms with Gasteiger partial charge < -0.3 is 10.1 Å². The van der Waals surface area contributed by atoms with Gasteiger partial charge in [-0.1, -0.05) is 24.1 Å². The molecule has 1 unspecified atom stereocenters. The summed E-state index contributed by atoms with van der Waals surface area (Å²) in [6, 6.07) is 6.26. The smallest absolute Gasteiger partial charge is 0.123 e. The summed E-state index contributed by atoms with van der Waals surface area (Å²) in [6.07, 6.45) is 3.79. The maximum atomic E-state index is 5.94. The molecule has 0 aliphatic carbocycles. The van der Waals surface area contributed by atoms with E-state index in [1.54, 1.807) is 0 Å². The molecule has 88 valence electrons. The minimum atomic E-state index is 0.493. The van der Waals surface area contributed by atoms with Crippen LogP contribution in [-0.2, 0) is 0 Å². The average molecular weight is 240 g/mol. The van der Waals surface area contributed by atoms with Crippen LogP contribution in [0.5, 0.6) is 5.75 Å². The molecule has 1 atom stereocenters. The number of hydrogen-bond donors (Lipinski definition) is 1. The summed E-state index contributed by atoms with van der Waals surface area (Å²) >= 11 is 5.94. The highest BCUT2D eigenvalue weighted by Gasteiger charge is 2.13. The van der Waals surface area contributed by atoms with Gasteiger partial charge in [-0.2, -0.15) is 0 Å². The minimum Gasteiger partial charge on any atom is -0.492 e. The first-order valence-electron chi connectivity index (χ1n) is 5.88. The summed E-state index contributed by atoms with van der Waals surface area (Å²) < 4.78 is 5.81. The molecule has 0 aromatic heterocycles. The molecule has 0 bridgehead atoms. The van der Waals surface area contributed by atoms with Gasteiger partial charge in [-0.3, -0.25) is 0 Å². The van der Waals surface area contributed by atoms with E-state index in [0.29, 0.717) is 6.04 Å². The number of hydrogen-bond acceptors (Lipinski definition) is 2. The van der Waals surface area contributed by atoms with Crippen molar-refractivity contribution < 1.29 is 4.74 Å². The molecule has 16 heavy (non-hydrogen) atoms. The third-order valence-electron chi connectivity index (χ3n) is 3.00. The molecular formula is C13H18ClNO. The first-order valence-corrected chi connectivity index (χ1v) is 6.26. The maximum Gasteiger partial charge on any atom is 0.123 e. The summed E-state index contributed by atoms with van der Waals surface area (Å²) in [4.78, 5) is 0. The van der Waals surface area contributed by atoms with Crippen LogP contribution in [0.15, 0.2) is 18.2 Å². The standard InChI is InChI=1S/C13H18ClNO/c1-10-5-6-11(14)8-13(10)16-9-12-4-2-3-7-15-12/h5-6,8,12,15H,2-4,7,9H2,1H3. The summed E-state index contributed by atoms with van der Waals surface area (Å²) in [5, 5.41) is 4.20. The third kappa shape index (κ3) is 3.13. The van der Waals surface area contributed by atoms with Crippen molar-refractivity contribution in [3.63, 3.8) is 0 Å². The predicted molar refractivity (Wildman–Crippen MR) is 67.3 cm³/mol. The Kier molecular flexibility index (Phi) is 4.08. The van der Waals surface area contributed by atoms with E-state index < -0.39 is 0 Å². The molecule has 1 aliphatic heterocycles. The molecule has 0 amide bonds. The van der Waals surface area contributed by atoms with Crippen molar-refractivity contribution in [1.82, 2.24) is 5.32 Å². The van der Waals surface area contributed by atoms with Crippen molar-refractivity contribution in [2.24, 2.45) is 0 Å². The van der Waals surface area contributed by atoms with E-state index in [1.807, 2.05) is 25.1 Å². The van der Waals surface area contributed by atoms with Gasteiger partial charge in [0.25, 0.3) is 0 Å². The monoisotopic (exact) mass is 239 g/mol. The number of ether oxygens (including phenoxy) is 1. The molecule has 1 heterocycles. The van der Waals surface area contributed by atoms with Gasteiger partial charge >= 0.3 is 0 Å². The molecule has 1 aromatic rings. The molecule has 1 N–H and O–H groups in total. The number of piperidine rings is 1. The Morgan fingerprint density at radius 3 is 3.06 bits per heavy atom. The van der Waals surface area contributed by atoms with Gasteiger partial charge in [0.05, 0.1) is 0 Å². The topological polar surface area (TPSA) is 21.3 Å². The van der Waals surface area contributed by atoms with Crippen molar-refractivity contribution in [2.75, 3.05) is 13.2 Å². The molecule has 3 heteroatoms. The normalized spacial score (nSPS) is 20.8. The zero-order valence-corrected chi connectivity index (χ0v) is 10.4. The van der Waals surface area contributed by atoms with Gasteiger partial charge in [0.1, 0.15) is 12.4 Å². The van der Waals surface area contributed by atoms with Crippen LogP contribution in [0.4, 0.5) is 0 Å². The Bertz CT molecular complexity index is 348. The second-order valence-corrected chi connectivity index (χ2v) is 4.80. The highest BCUT2D eigenvalue weighted by atomic mass is 35.5. The van der Waals surface area contributed by atoms with E-state index in [9.17, 15) is 0 Å². The van der Waals surface area contributed by atoms with Crippen molar-refractivity contribution in [3.05, 3.63) is 28.8 Å². The molecule has 1 fully saturated rings. The number of halogens is 1. The molecule has 2 rings (SSSR count). The van der Waals surface area contributed by atoms with Crippen molar-refractivity contribution in [2.45, 2.75) is 32.2 Å². The lowest BCUT2D eigenvalue weighted by Gasteiger charge is -2.23. The van der Waals surface area contributed by atoms with E-state index in [0.717, 1.165) is 29.5 Å². The molecule has 0 radical (unpaired) electrons. The summed E-state index contributed by atoms with van der Waals surface area (Å²) in [5.74, 6) is 0.903. The number of benzene rings is 1. The lowest BCUT2D eigenvalue weighted by atomic mass is 10.1. The van der Waals surface area contributed by atoms with Gasteiger partial charge in [-0.05, 0) is 44.0 Å². The van der Waals surface area contributed by atoms with E-state index in [2.05, 4.69) is 5.32 Å². The number of aryl methyl sites for hydroxylation is 1. The van der Waals surface area contributed by atoms with Gasteiger partial charge in [-0.15, -0.1) is 0 Å². The zero-order valence-electron chi connectivity index (χ0n) is 9.63. The molecule has 1 aromatic carbocycles. The fraction of sp³-hybridized carbons (Fsp3) is 0.538. The van der Waals surface area contributed by atoms with Crippen molar-refractivity contribution in [1.29, 1.82) is 0 Å². The van der Waals surface area contributed by atoms with Crippen LogP contribution in [-0.4, -0.2) is 19.2 Å². The quantitative estimate of drug-likeness (QED) is 0.875. The van der Waals surface area contributed by atoms with Crippen LogP contribution in [0.25, 0.3) is 0 Å². The highest BCUT2D eigenvalue weighted by molar-refractivity contribution is 6.30. The van der Waals surface area contributed by atoms with Gasteiger partial charge in [-0.25, -0.2) is 0 Å². The Morgan fingerprint density at radius 1 is 1.44 bits per heavy atom. The second kappa shape index (κ2) is 5.55. The largest absolute Gasteiger partial charge is 0.492 e. The first-order chi connectivity index (χ1) is 7.75. The van der Waals surface area contributed by atoms with Gasteiger partial charge in [0, 0.05) is 11.1 Å². The zero-order chi connectivity index (χ0) is 11.4. The summed E-state index contributed by atoms with van der Waals surface area (Å²) in [6.45, 7) is 3.89. The van der Waals surface area contributed by atoms with E-state index in [-0.39, 0.29) is 0 Å². The maximum absolute atomic E-state index is 5.94. The lowest BCUT2D eigenvalue weighted by molar-refractivity contribution is 0.238. The molecule has 1 aliphatic rings. The fourth-order valence-corrected chi connectivity index (χ4v) is 2.15. The van der Waals surface area contributed by atoms with Crippen LogP contribution in [0.1, 0.15) is 24.8 Å². The Morgan fingerprint density at radius 2 is 2.31 bits per heavy atom. The minimum absolute atomic E-state index is 0.493. The molecule has 1 saturated heterocycles. The highest BCUT2D eigenvalue weighted by Crippen LogP contribution is 2.23. The molecular weight excluding hydrogens is 222 g/mol. The van der Waals surface area contributed by atoms with Crippen LogP contribution >= 0.6 is 11.6 Å². The van der Waals surface area contributed by atoms with Crippen LogP contribution in [0.2, 0.25) is 5.02 Å². The van der Waals surface area contributed by atoms with Crippen LogP contribution in [0, 0.1) is 6.92 Å². The predicted octanol–water partition coefficient (Wildman–Crippen LogP) is 3.17. The number of nitrogens with one attached hydrogen (secondary N) is 1. The first kappa shape index (κ1) is 11.7. The van der Waals surface area contributed by atoms with Crippen molar-refractivity contribution >= 4 is 11.6 Å². The van der Waals surface area contributed by atoms with Gasteiger partial charge in [0.15, 0.2) is 0 Å². The summed E-state index contributed by atoms with van der Waals surface area (Å²) in [7, 11) is 0. The van der Waals surface area contributed by atoms with Gasteiger partial charge in [0.2, 0.25) is 0 Å². The van der Waals surface area contributed by atoms with Crippen molar-refractivity contribution in [3.8, 4) is 5.75 Å². The molecule has 0 saturated carbocycles. The number of rotatable bonds is 3. The molecule has 2 nitrogen and oxygen atoms in total. The van der Waals surface area contributed by atoms with Crippen LogP contribution in [0.3, 0.4) is 0 Å². The Balaban J connectivity index is 1.90. The van der Waals surface area contributed by atoms with E-state index in [4.69, 9.17) is 16.3 Å². The lowest BCUT2D eigenvalue weighted by Crippen LogP contribution is -2.38. The average Bonchev–Trinajstić information content (AvgIpc) is 2.32.